The van der Waals surface area contributed by atoms with Crippen LogP contribution in [0, 0.1) is 13.8 Å². The monoisotopic (exact) mass is 359 g/mol. The molecule has 4 aromatic rings. The fourth-order valence-electron chi connectivity index (χ4n) is 3.72. The third-order valence-corrected chi connectivity index (χ3v) is 4.91. The third kappa shape index (κ3) is 2.49. The Kier molecular flexibility index (Phi) is 3.33. The van der Waals surface area contributed by atoms with Gasteiger partial charge in [0.25, 0.3) is 0 Å². The molecule has 5 rings (SSSR count). The number of rotatable bonds is 2. The van der Waals surface area contributed by atoms with Gasteiger partial charge in [-0.3, -0.25) is 4.79 Å². The molecule has 1 aliphatic heterocycles. The van der Waals surface area contributed by atoms with Gasteiger partial charge in [-0.05, 0) is 31.5 Å². The predicted octanol–water partition coefficient (Wildman–Crippen LogP) is 2.40. The minimum atomic E-state index is -0.0273. The summed E-state index contributed by atoms with van der Waals surface area (Å²) in [5.41, 5.74) is 4.85. The molecule has 8 heteroatoms. The van der Waals surface area contributed by atoms with Gasteiger partial charge in [-0.1, -0.05) is 29.8 Å². The zero-order valence-corrected chi connectivity index (χ0v) is 14.9. The average molecular weight is 359 g/mol. The Morgan fingerprint density at radius 1 is 1.15 bits per heavy atom. The topological polar surface area (TPSA) is 90.0 Å². The quantitative estimate of drug-likeness (QED) is 0.593. The number of carbonyl (C=O) groups is 1. The number of fused-ring (bicyclic) bond motifs is 2. The first-order valence-corrected chi connectivity index (χ1v) is 8.73. The molecular weight excluding hydrogens is 342 g/mol. The van der Waals surface area contributed by atoms with Crippen LogP contribution in [-0.2, 0) is 4.79 Å². The molecule has 0 radical (unpaired) electrons. The van der Waals surface area contributed by atoms with E-state index in [1.165, 1.54) is 11.9 Å². The third-order valence-electron chi connectivity index (χ3n) is 4.91. The summed E-state index contributed by atoms with van der Waals surface area (Å²) in [4.78, 5) is 12.5. The highest BCUT2D eigenvalue weighted by Crippen LogP contribution is 2.40. The van der Waals surface area contributed by atoms with E-state index in [1.807, 2.05) is 25.1 Å². The summed E-state index contributed by atoms with van der Waals surface area (Å²) in [5.74, 6) is 1.22. The van der Waals surface area contributed by atoms with Crippen molar-refractivity contribution in [2.75, 3.05) is 5.32 Å². The molecule has 0 unspecified atom stereocenters. The molecule has 0 aliphatic carbocycles. The molecule has 8 nitrogen and oxygen atoms in total. The lowest BCUT2D eigenvalue weighted by Gasteiger charge is -2.24. The van der Waals surface area contributed by atoms with Crippen molar-refractivity contribution < 1.29 is 4.79 Å². The van der Waals surface area contributed by atoms with E-state index in [4.69, 9.17) is 0 Å². The summed E-state index contributed by atoms with van der Waals surface area (Å²) in [6.07, 6.45) is 1.94. The molecule has 3 aromatic heterocycles. The second-order valence-electron chi connectivity index (χ2n) is 6.80. The minimum Gasteiger partial charge on any atom is -0.310 e. The molecule has 1 atom stereocenters. The number of anilines is 1. The van der Waals surface area contributed by atoms with Gasteiger partial charge < -0.3 is 5.32 Å². The van der Waals surface area contributed by atoms with Crippen LogP contribution in [0.5, 0.6) is 0 Å². The fourth-order valence-corrected chi connectivity index (χ4v) is 3.72. The standard InChI is InChI=1S/C19H17N7O/c1-11-4-3-5-13(8-11)14-9-17(27)21-19-18(14)12(2)23-26(19)16-7-6-15-22-20-10-25(15)24-16/h3-8,10,14H,9H2,1-2H3,(H,21,27)/t14-/m1/s1. The van der Waals surface area contributed by atoms with E-state index in [9.17, 15) is 4.79 Å². The number of amides is 1. The van der Waals surface area contributed by atoms with E-state index in [2.05, 4.69) is 50.8 Å². The first-order valence-electron chi connectivity index (χ1n) is 8.73. The van der Waals surface area contributed by atoms with Crippen LogP contribution in [0.1, 0.15) is 34.7 Å². The van der Waals surface area contributed by atoms with Crippen molar-refractivity contribution in [3.63, 3.8) is 0 Å². The second kappa shape index (κ2) is 5.73. The lowest BCUT2D eigenvalue weighted by molar-refractivity contribution is -0.116. The number of aromatic nitrogens is 6. The molecule has 0 bridgehead atoms. The molecule has 0 fully saturated rings. The van der Waals surface area contributed by atoms with Gasteiger partial charge in [0.1, 0.15) is 12.1 Å². The smallest absolute Gasteiger partial charge is 0.226 e. The predicted molar refractivity (Wildman–Crippen MR) is 98.9 cm³/mol. The Morgan fingerprint density at radius 3 is 2.89 bits per heavy atom. The lowest BCUT2D eigenvalue weighted by Crippen LogP contribution is -2.25. The number of nitrogens with one attached hydrogen (secondary N) is 1. The number of hydrogen-bond donors (Lipinski definition) is 1. The van der Waals surface area contributed by atoms with Gasteiger partial charge in [-0.25, -0.2) is 0 Å². The van der Waals surface area contributed by atoms with Gasteiger partial charge in [0.15, 0.2) is 11.5 Å². The molecule has 27 heavy (non-hydrogen) atoms. The Labute approximate surface area is 154 Å². The highest BCUT2D eigenvalue weighted by molar-refractivity contribution is 5.95. The summed E-state index contributed by atoms with van der Waals surface area (Å²) in [6, 6.07) is 11.9. The Bertz CT molecular complexity index is 1190. The van der Waals surface area contributed by atoms with Crippen LogP contribution in [0.15, 0.2) is 42.7 Å². The molecule has 0 spiro atoms. The normalized spacial score (nSPS) is 16.4. The van der Waals surface area contributed by atoms with Crippen molar-refractivity contribution in [2.45, 2.75) is 26.2 Å². The number of aryl methyl sites for hydroxylation is 2. The Morgan fingerprint density at radius 2 is 2.04 bits per heavy atom. The molecule has 4 heterocycles. The van der Waals surface area contributed by atoms with Crippen LogP contribution in [0.2, 0.25) is 0 Å². The minimum absolute atomic E-state index is 0.0268. The lowest BCUT2D eigenvalue weighted by atomic mass is 9.85. The molecule has 0 saturated carbocycles. The second-order valence-corrected chi connectivity index (χ2v) is 6.80. The maximum atomic E-state index is 12.5. The van der Waals surface area contributed by atoms with E-state index in [0.717, 1.165) is 16.8 Å². The summed E-state index contributed by atoms with van der Waals surface area (Å²) in [7, 11) is 0. The summed E-state index contributed by atoms with van der Waals surface area (Å²) in [6.45, 7) is 4.02. The van der Waals surface area contributed by atoms with Gasteiger partial charge in [0.05, 0.1) is 5.69 Å². The summed E-state index contributed by atoms with van der Waals surface area (Å²) >= 11 is 0. The van der Waals surface area contributed by atoms with E-state index < -0.39 is 0 Å². The van der Waals surface area contributed by atoms with Crippen LogP contribution in [0.25, 0.3) is 11.5 Å². The molecule has 1 N–H and O–H groups in total. The number of benzene rings is 1. The zero-order chi connectivity index (χ0) is 18.5. The van der Waals surface area contributed by atoms with Gasteiger partial charge in [-0.2, -0.15) is 14.3 Å². The van der Waals surface area contributed by atoms with Crippen LogP contribution in [-0.4, -0.2) is 35.5 Å². The summed E-state index contributed by atoms with van der Waals surface area (Å²) in [5, 5.41) is 20.0. The van der Waals surface area contributed by atoms with E-state index in [0.29, 0.717) is 23.7 Å². The van der Waals surface area contributed by atoms with Crippen molar-refractivity contribution in [1.82, 2.24) is 29.6 Å². The van der Waals surface area contributed by atoms with Gasteiger partial charge >= 0.3 is 0 Å². The van der Waals surface area contributed by atoms with Crippen molar-refractivity contribution in [3.8, 4) is 5.82 Å². The van der Waals surface area contributed by atoms with Crippen molar-refractivity contribution in [3.05, 3.63) is 65.1 Å². The van der Waals surface area contributed by atoms with Gasteiger partial charge in [0, 0.05) is 17.9 Å². The van der Waals surface area contributed by atoms with E-state index in [1.54, 1.807) is 9.20 Å². The van der Waals surface area contributed by atoms with Crippen LogP contribution in [0.4, 0.5) is 5.82 Å². The molecular formula is C19H17N7O. The first kappa shape index (κ1) is 15.7. The van der Waals surface area contributed by atoms with Crippen LogP contribution < -0.4 is 5.32 Å². The summed E-state index contributed by atoms with van der Waals surface area (Å²) < 4.78 is 3.27. The van der Waals surface area contributed by atoms with Crippen molar-refractivity contribution in [2.24, 2.45) is 0 Å². The molecule has 134 valence electrons. The highest BCUT2D eigenvalue weighted by atomic mass is 16.1. The molecule has 0 saturated heterocycles. The van der Waals surface area contributed by atoms with Crippen LogP contribution in [0.3, 0.4) is 0 Å². The molecule has 1 amide bonds. The number of carbonyl (C=O) groups excluding carboxylic acids is 1. The van der Waals surface area contributed by atoms with E-state index in [-0.39, 0.29) is 11.8 Å². The molecule has 1 aromatic carbocycles. The van der Waals surface area contributed by atoms with Crippen LogP contribution >= 0.6 is 0 Å². The zero-order valence-electron chi connectivity index (χ0n) is 14.9. The SMILES string of the molecule is Cc1cccc([C@H]2CC(=O)Nc3c2c(C)nn3-c2ccc3nncn3n2)c1. The van der Waals surface area contributed by atoms with Crippen molar-refractivity contribution in [1.29, 1.82) is 0 Å². The number of hydrogen-bond acceptors (Lipinski definition) is 5. The Hall–Kier alpha value is -3.55. The largest absolute Gasteiger partial charge is 0.310 e. The first-order chi connectivity index (χ1) is 13.1. The molecule has 1 aliphatic rings. The number of nitrogens with zero attached hydrogens (tertiary/aromatic N) is 6. The maximum absolute atomic E-state index is 12.5. The fraction of sp³-hybridized carbons (Fsp3) is 0.211. The maximum Gasteiger partial charge on any atom is 0.226 e. The van der Waals surface area contributed by atoms with Gasteiger partial charge in [0.2, 0.25) is 5.91 Å². The van der Waals surface area contributed by atoms with Crippen molar-refractivity contribution >= 4 is 17.4 Å². The Balaban J connectivity index is 1.68. The van der Waals surface area contributed by atoms with E-state index >= 15 is 0 Å². The van der Waals surface area contributed by atoms with Gasteiger partial charge in [-0.15, -0.1) is 15.3 Å². The average Bonchev–Trinajstić information content (AvgIpc) is 3.25. The highest BCUT2D eigenvalue weighted by Gasteiger charge is 2.33.